The van der Waals surface area contributed by atoms with Crippen molar-refractivity contribution in [2.24, 2.45) is 0 Å². The van der Waals surface area contributed by atoms with Crippen LogP contribution in [0.25, 0.3) is 0 Å². The van der Waals surface area contributed by atoms with Gasteiger partial charge in [0.25, 0.3) is 0 Å². The maximum absolute atomic E-state index is 11.9. The van der Waals surface area contributed by atoms with E-state index in [0.29, 0.717) is 12.2 Å². The van der Waals surface area contributed by atoms with Crippen LogP contribution in [0.4, 0.5) is 0 Å². The van der Waals surface area contributed by atoms with E-state index in [1.165, 1.54) is 6.42 Å². The Hall–Kier alpha value is -0.710. The number of ketones is 1. The Bertz CT molecular complexity index is 349. The Kier molecular flexibility index (Phi) is 7.94. The lowest BCUT2D eigenvalue weighted by atomic mass is 10.2. The largest absolute Gasteiger partial charge is 0.308 e. The van der Waals surface area contributed by atoms with Gasteiger partial charge in [-0.2, -0.15) is 0 Å². The summed E-state index contributed by atoms with van der Waals surface area (Å²) in [4.78, 5) is 17.5. The van der Waals surface area contributed by atoms with Gasteiger partial charge in [-0.3, -0.25) is 4.79 Å². The van der Waals surface area contributed by atoms with Gasteiger partial charge in [-0.25, -0.2) is 0 Å². The highest BCUT2D eigenvalue weighted by Gasteiger charge is 2.09. The summed E-state index contributed by atoms with van der Waals surface area (Å²) in [5, 5.41) is 1.97. The topological polar surface area (TPSA) is 23.6 Å². The van der Waals surface area contributed by atoms with Gasteiger partial charge in [0.2, 0.25) is 0 Å². The van der Waals surface area contributed by atoms with Crippen molar-refractivity contribution >= 4 is 17.1 Å². The van der Waals surface area contributed by atoms with Gasteiger partial charge < -0.3 is 9.80 Å². The number of thiophene rings is 1. The first kappa shape index (κ1) is 16.3. The molecule has 1 heterocycles. The maximum Gasteiger partial charge on any atom is 0.172 e. The minimum absolute atomic E-state index is 0.291. The van der Waals surface area contributed by atoms with Crippen molar-refractivity contribution in [3.8, 4) is 0 Å². The fourth-order valence-electron chi connectivity index (χ4n) is 2.02. The molecule has 1 aromatic heterocycles. The SMILES string of the molecule is CCCN(CCCC(=O)c1cccs1)CCN(C)C. The lowest BCUT2D eigenvalue weighted by Gasteiger charge is -2.23. The molecule has 4 heteroatoms. The zero-order valence-electron chi connectivity index (χ0n) is 12.4. The Morgan fingerprint density at radius 3 is 2.58 bits per heavy atom. The summed E-state index contributed by atoms with van der Waals surface area (Å²) in [7, 11) is 4.20. The fraction of sp³-hybridized carbons (Fsp3) is 0.667. The van der Waals surface area contributed by atoms with Crippen LogP contribution in [0.2, 0.25) is 0 Å². The van der Waals surface area contributed by atoms with Crippen LogP contribution in [-0.2, 0) is 0 Å². The van der Waals surface area contributed by atoms with Crippen molar-refractivity contribution in [1.29, 1.82) is 0 Å². The van der Waals surface area contributed by atoms with Gasteiger partial charge in [0.1, 0.15) is 0 Å². The Balaban J connectivity index is 2.25. The van der Waals surface area contributed by atoms with Crippen molar-refractivity contribution in [2.45, 2.75) is 26.2 Å². The zero-order valence-corrected chi connectivity index (χ0v) is 13.2. The van der Waals surface area contributed by atoms with Gasteiger partial charge in [-0.1, -0.05) is 13.0 Å². The van der Waals surface area contributed by atoms with E-state index in [9.17, 15) is 4.79 Å². The molecule has 0 aromatic carbocycles. The fourth-order valence-corrected chi connectivity index (χ4v) is 2.71. The molecule has 0 saturated heterocycles. The van der Waals surface area contributed by atoms with E-state index in [0.717, 1.165) is 37.5 Å². The summed E-state index contributed by atoms with van der Waals surface area (Å²) in [5.41, 5.74) is 0. The predicted molar refractivity (Wildman–Crippen MR) is 83.2 cm³/mol. The molecule has 19 heavy (non-hydrogen) atoms. The molecule has 0 radical (unpaired) electrons. The molecule has 0 aliphatic carbocycles. The summed E-state index contributed by atoms with van der Waals surface area (Å²) in [6.07, 6.45) is 2.80. The normalized spacial score (nSPS) is 11.4. The first-order valence-corrected chi connectivity index (χ1v) is 7.95. The highest BCUT2D eigenvalue weighted by Crippen LogP contribution is 2.12. The minimum atomic E-state index is 0.291. The molecular weight excluding hydrogens is 256 g/mol. The second kappa shape index (κ2) is 9.23. The highest BCUT2D eigenvalue weighted by atomic mass is 32.1. The molecule has 0 N–H and O–H groups in total. The Morgan fingerprint density at radius 2 is 2.00 bits per heavy atom. The monoisotopic (exact) mass is 282 g/mol. The predicted octanol–water partition coefficient (Wildman–Crippen LogP) is 2.98. The molecule has 1 aromatic rings. The van der Waals surface area contributed by atoms with Gasteiger partial charge >= 0.3 is 0 Å². The summed E-state index contributed by atoms with van der Waals surface area (Å²) < 4.78 is 0. The van der Waals surface area contributed by atoms with Crippen molar-refractivity contribution < 1.29 is 4.79 Å². The summed E-state index contributed by atoms with van der Waals surface area (Å²) >= 11 is 1.54. The van der Waals surface area contributed by atoms with E-state index in [1.54, 1.807) is 11.3 Å². The molecule has 0 saturated carbocycles. The number of carbonyl (C=O) groups excluding carboxylic acids is 1. The number of likely N-dealkylation sites (N-methyl/N-ethyl adjacent to an activating group) is 1. The number of hydrogen-bond acceptors (Lipinski definition) is 4. The van der Waals surface area contributed by atoms with Crippen LogP contribution >= 0.6 is 11.3 Å². The average Bonchev–Trinajstić information content (AvgIpc) is 2.89. The number of nitrogens with zero attached hydrogens (tertiary/aromatic N) is 2. The van der Waals surface area contributed by atoms with Gasteiger partial charge in [-0.05, 0) is 51.5 Å². The van der Waals surface area contributed by atoms with Crippen LogP contribution < -0.4 is 0 Å². The summed E-state index contributed by atoms with van der Waals surface area (Å²) in [6.45, 7) is 6.53. The van der Waals surface area contributed by atoms with Gasteiger partial charge in [0.15, 0.2) is 5.78 Å². The molecule has 108 valence electrons. The highest BCUT2D eigenvalue weighted by molar-refractivity contribution is 7.12. The number of rotatable bonds is 10. The van der Waals surface area contributed by atoms with Crippen LogP contribution in [0.1, 0.15) is 35.9 Å². The second-order valence-corrected chi connectivity index (χ2v) is 6.10. The molecule has 0 spiro atoms. The summed E-state index contributed by atoms with van der Waals surface area (Å²) in [6, 6.07) is 3.86. The lowest BCUT2D eigenvalue weighted by Crippen LogP contribution is -2.33. The van der Waals surface area contributed by atoms with Crippen LogP contribution in [0, 0.1) is 0 Å². The van der Waals surface area contributed by atoms with E-state index >= 15 is 0 Å². The van der Waals surface area contributed by atoms with E-state index in [2.05, 4.69) is 30.8 Å². The second-order valence-electron chi connectivity index (χ2n) is 5.15. The minimum Gasteiger partial charge on any atom is -0.308 e. The van der Waals surface area contributed by atoms with E-state index in [-0.39, 0.29) is 0 Å². The Morgan fingerprint density at radius 1 is 1.21 bits per heavy atom. The Labute approximate surface area is 121 Å². The molecule has 1 rings (SSSR count). The van der Waals surface area contributed by atoms with E-state index in [4.69, 9.17) is 0 Å². The number of hydrogen-bond donors (Lipinski definition) is 0. The summed E-state index contributed by atoms with van der Waals surface area (Å²) in [5.74, 6) is 0.291. The molecule has 0 amide bonds. The van der Waals surface area contributed by atoms with Crippen molar-refractivity contribution in [3.05, 3.63) is 22.4 Å². The first-order chi connectivity index (χ1) is 9.13. The van der Waals surface area contributed by atoms with Gasteiger partial charge in [-0.15, -0.1) is 11.3 Å². The third-order valence-electron chi connectivity index (χ3n) is 3.08. The zero-order chi connectivity index (χ0) is 14.1. The molecule has 0 atom stereocenters. The number of Topliss-reactive ketones (excluding diaryl/α,β-unsaturated/α-hetero) is 1. The molecule has 0 aliphatic heterocycles. The number of carbonyl (C=O) groups is 1. The van der Waals surface area contributed by atoms with Crippen LogP contribution in [-0.4, -0.2) is 55.9 Å². The quantitative estimate of drug-likeness (QED) is 0.616. The molecular formula is C15H26N2OS. The average molecular weight is 282 g/mol. The maximum atomic E-state index is 11.9. The standard InChI is InChI=1S/C15H26N2OS/c1-4-9-17(12-11-16(2)3)10-5-7-14(18)15-8-6-13-19-15/h6,8,13H,4-5,7,9-12H2,1-3H3. The van der Waals surface area contributed by atoms with Gasteiger partial charge in [0, 0.05) is 19.5 Å². The van der Waals surface area contributed by atoms with Crippen LogP contribution in [0.15, 0.2) is 17.5 Å². The third-order valence-corrected chi connectivity index (χ3v) is 3.99. The van der Waals surface area contributed by atoms with E-state index < -0.39 is 0 Å². The van der Waals surface area contributed by atoms with Gasteiger partial charge in [0.05, 0.1) is 4.88 Å². The molecule has 0 fully saturated rings. The molecule has 3 nitrogen and oxygen atoms in total. The lowest BCUT2D eigenvalue weighted by molar-refractivity contribution is 0.0978. The van der Waals surface area contributed by atoms with Crippen LogP contribution in [0.3, 0.4) is 0 Å². The van der Waals surface area contributed by atoms with E-state index in [1.807, 2.05) is 17.5 Å². The van der Waals surface area contributed by atoms with Crippen molar-refractivity contribution in [3.63, 3.8) is 0 Å². The van der Waals surface area contributed by atoms with Crippen molar-refractivity contribution in [2.75, 3.05) is 40.3 Å². The molecule has 0 unspecified atom stereocenters. The first-order valence-electron chi connectivity index (χ1n) is 7.07. The van der Waals surface area contributed by atoms with Crippen molar-refractivity contribution in [1.82, 2.24) is 9.80 Å². The molecule has 0 bridgehead atoms. The molecule has 0 aliphatic rings. The smallest absolute Gasteiger partial charge is 0.172 e. The van der Waals surface area contributed by atoms with Crippen LogP contribution in [0.5, 0.6) is 0 Å². The third kappa shape index (κ3) is 6.85.